The molecule has 0 unspecified atom stereocenters. The normalized spacial score (nSPS) is 23.5. The van der Waals surface area contributed by atoms with E-state index in [1.807, 2.05) is 12.1 Å². The number of ketones is 1. The van der Waals surface area contributed by atoms with Crippen molar-refractivity contribution in [2.45, 2.75) is 50.4 Å². The minimum atomic E-state index is -0.399. The summed E-state index contributed by atoms with van der Waals surface area (Å²) in [5.41, 5.74) is 3.07. The molecule has 0 bridgehead atoms. The lowest BCUT2D eigenvalue weighted by molar-refractivity contribution is -0.116. The number of piperidine rings is 1. The fourth-order valence-corrected chi connectivity index (χ4v) is 5.18. The minimum absolute atomic E-state index is 0. The second-order valence-corrected chi connectivity index (χ2v) is 8.15. The molecule has 1 saturated carbocycles. The number of Topliss-reactive ketones (excluding diaryl/α,β-unsaturated/α-hetero) is 1. The van der Waals surface area contributed by atoms with Gasteiger partial charge in [-0.3, -0.25) is 4.79 Å². The van der Waals surface area contributed by atoms with Gasteiger partial charge >= 0.3 is 0 Å². The zero-order chi connectivity index (χ0) is 17.3. The van der Waals surface area contributed by atoms with Crippen LogP contribution >= 0.6 is 0 Å². The van der Waals surface area contributed by atoms with Crippen molar-refractivity contribution in [2.75, 3.05) is 26.2 Å². The van der Waals surface area contributed by atoms with E-state index in [2.05, 4.69) is 23.1 Å². The Balaban J connectivity index is 0.00000196. The van der Waals surface area contributed by atoms with Crippen LogP contribution in [-0.2, 0) is 10.2 Å². The maximum absolute atomic E-state index is 12.2. The quantitative estimate of drug-likeness (QED) is 0.905. The second-order valence-electron chi connectivity index (χ2n) is 8.15. The Bertz CT molecular complexity index is 670. The highest BCUT2D eigenvalue weighted by molar-refractivity contribution is 6.23. The van der Waals surface area contributed by atoms with Gasteiger partial charge in [-0.2, -0.15) is 0 Å². The van der Waals surface area contributed by atoms with Gasteiger partial charge in [0.25, 0.3) is 0 Å². The first-order valence-electron chi connectivity index (χ1n) is 9.91. The Labute approximate surface area is 152 Å². The Morgan fingerprint density at radius 2 is 1.88 bits per heavy atom. The highest BCUT2D eigenvalue weighted by Crippen LogP contribution is 2.47. The summed E-state index contributed by atoms with van der Waals surface area (Å²) in [6, 6.07) is 8.29. The van der Waals surface area contributed by atoms with Gasteiger partial charge in [0.05, 0.1) is 0 Å². The molecular formula is C22H31NO2. The number of hydrogen-bond acceptors (Lipinski definition) is 3. The van der Waals surface area contributed by atoms with Crippen LogP contribution in [0.5, 0.6) is 0 Å². The van der Waals surface area contributed by atoms with Crippen LogP contribution in [0.1, 0.15) is 57.5 Å². The molecule has 1 aromatic carbocycles. The summed E-state index contributed by atoms with van der Waals surface area (Å²) >= 11 is 0. The van der Waals surface area contributed by atoms with E-state index in [-0.39, 0.29) is 12.6 Å². The zero-order valence-corrected chi connectivity index (χ0v) is 15.0. The van der Waals surface area contributed by atoms with Crippen LogP contribution < -0.4 is 0 Å². The van der Waals surface area contributed by atoms with Crippen LogP contribution in [0.4, 0.5) is 0 Å². The number of likely N-dealkylation sites (tertiary alicyclic amines) is 1. The van der Waals surface area contributed by atoms with Crippen molar-refractivity contribution in [1.82, 2.24) is 4.90 Å². The lowest BCUT2D eigenvalue weighted by Gasteiger charge is -2.41. The van der Waals surface area contributed by atoms with Crippen LogP contribution in [0.25, 0.3) is 5.57 Å². The molecule has 0 atom stereocenters. The Kier molecular flexibility index (Phi) is 4.79. The molecular weight excluding hydrogens is 310 g/mol. The first-order chi connectivity index (χ1) is 12.2. The Hall–Kier alpha value is -1.45. The van der Waals surface area contributed by atoms with Gasteiger partial charge in [0.15, 0.2) is 5.78 Å². The topological polar surface area (TPSA) is 40.5 Å². The van der Waals surface area contributed by atoms with E-state index in [0.29, 0.717) is 0 Å². The van der Waals surface area contributed by atoms with Gasteiger partial charge < -0.3 is 10.0 Å². The number of nitrogens with zero attached hydrogens (tertiary/aromatic N) is 1. The molecule has 0 amide bonds. The summed E-state index contributed by atoms with van der Waals surface area (Å²) < 4.78 is 0. The van der Waals surface area contributed by atoms with Gasteiger partial charge in [0.1, 0.15) is 6.61 Å². The first kappa shape index (κ1) is 17.0. The SMILES string of the molecule is O=C(CO)C1=CC2(CCN(CC3CCCCC3)CC2)c2ccccc21.[HH]. The van der Waals surface area contributed by atoms with E-state index in [0.717, 1.165) is 43.0 Å². The molecule has 2 aliphatic carbocycles. The van der Waals surface area contributed by atoms with Crippen LogP contribution in [0, 0.1) is 5.92 Å². The van der Waals surface area contributed by atoms with Gasteiger partial charge in [-0.25, -0.2) is 0 Å². The van der Waals surface area contributed by atoms with E-state index >= 15 is 0 Å². The van der Waals surface area contributed by atoms with Crippen LogP contribution in [0.2, 0.25) is 0 Å². The fourth-order valence-electron chi connectivity index (χ4n) is 5.18. The molecule has 4 rings (SSSR count). The molecule has 3 aliphatic rings. The van der Waals surface area contributed by atoms with Crippen LogP contribution in [-0.4, -0.2) is 42.0 Å². The van der Waals surface area contributed by atoms with Crippen molar-refractivity contribution >= 4 is 11.4 Å². The summed E-state index contributed by atoms with van der Waals surface area (Å²) in [5, 5.41) is 9.33. The monoisotopic (exact) mass is 341 g/mol. The minimum Gasteiger partial charge on any atom is -0.388 e. The van der Waals surface area contributed by atoms with E-state index in [1.165, 1.54) is 44.2 Å². The van der Waals surface area contributed by atoms with E-state index in [9.17, 15) is 9.90 Å². The molecule has 1 saturated heterocycles. The molecule has 1 N–H and O–H groups in total. The number of benzene rings is 1. The first-order valence-corrected chi connectivity index (χ1v) is 9.91. The highest BCUT2D eigenvalue weighted by atomic mass is 16.3. The maximum atomic E-state index is 12.2. The van der Waals surface area contributed by atoms with E-state index < -0.39 is 6.61 Å². The van der Waals surface area contributed by atoms with Crippen LogP contribution in [0.15, 0.2) is 30.3 Å². The third-order valence-corrected chi connectivity index (χ3v) is 6.61. The number of carbonyl (C=O) groups excluding carboxylic acids is 1. The number of rotatable bonds is 4. The molecule has 2 fully saturated rings. The second kappa shape index (κ2) is 7.05. The molecule has 3 nitrogen and oxygen atoms in total. The maximum Gasteiger partial charge on any atom is 0.188 e. The number of allylic oxidation sites excluding steroid dienone is 1. The summed E-state index contributed by atoms with van der Waals surface area (Å²) in [4.78, 5) is 14.8. The van der Waals surface area contributed by atoms with Crippen molar-refractivity contribution in [3.63, 3.8) is 0 Å². The molecule has 1 heterocycles. The van der Waals surface area contributed by atoms with Crippen molar-refractivity contribution in [1.29, 1.82) is 0 Å². The molecule has 136 valence electrons. The molecule has 1 aromatic rings. The van der Waals surface area contributed by atoms with Gasteiger partial charge in [0.2, 0.25) is 0 Å². The molecule has 3 heteroatoms. The van der Waals surface area contributed by atoms with E-state index in [4.69, 9.17) is 0 Å². The number of aliphatic hydroxyl groups excluding tert-OH is 1. The predicted molar refractivity (Wildman–Crippen MR) is 103 cm³/mol. The molecule has 1 spiro atoms. The Morgan fingerprint density at radius 3 is 2.60 bits per heavy atom. The van der Waals surface area contributed by atoms with Crippen molar-refractivity contribution < 1.29 is 11.3 Å². The van der Waals surface area contributed by atoms with Gasteiger partial charge in [-0.15, -0.1) is 0 Å². The van der Waals surface area contributed by atoms with Crippen molar-refractivity contribution in [3.05, 3.63) is 41.5 Å². The number of aliphatic hydroxyl groups is 1. The number of hydrogen-bond donors (Lipinski definition) is 1. The summed E-state index contributed by atoms with van der Waals surface area (Å²) in [5.74, 6) is 0.745. The zero-order valence-electron chi connectivity index (χ0n) is 15.0. The largest absolute Gasteiger partial charge is 0.388 e. The number of carbonyl (C=O) groups is 1. The van der Waals surface area contributed by atoms with Gasteiger partial charge in [0, 0.05) is 19.0 Å². The standard InChI is InChI=1S/C22H29NO2.H2/c24-16-21(25)19-14-22(20-9-5-4-8-18(19)20)10-12-23(13-11-22)15-17-6-2-1-3-7-17;/h4-5,8-9,14,17,24H,1-3,6-7,10-13,15-16H2;1H. The highest BCUT2D eigenvalue weighted by Gasteiger charge is 2.41. The van der Waals surface area contributed by atoms with Crippen molar-refractivity contribution in [2.24, 2.45) is 5.92 Å². The van der Waals surface area contributed by atoms with Crippen molar-refractivity contribution in [3.8, 4) is 0 Å². The summed E-state index contributed by atoms with van der Waals surface area (Å²) in [6.07, 6.45) is 11.4. The predicted octanol–water partition coefficient (Wildman–Crippen LogP) is 3.80. The smallest absolute Gasteiger partial charge is 0.188 e. The molecule has 0 radical (unpaired) electrons. The Morgan fingerprint density at radius 1 is 1.16 bits per heavy atom. The van der Waals surface area contributed by atoms with E-state index in [1.54, 1.807) is 0 Å². The lowest BCUT2D eigenvalue weighted by Crippen LogP contribution is -2.43. The third-order valence-electron chi connectivity index (χ3n) is 6.61. The number of fused-ring (bicyclic) bond motifs is 2. The third kappa shape index (κ3) is 3.20. The fraction of sp³-hybridized carbons (Fsp3) is 0.591. The summed E-state index contributed by atoms with van der Waals surface area (Å²) in [6.45, 7) is 3.08. The van der Waals surface area contributed by atoms with Gasteiger partial charge in [-0.1, -0.05) is 49.6 Å². The summed E-state index contributed by atoms with van der Waals surface area (Å²) in [7, 11) is 0. The molecule has 0 aromatic heterocycles. The molecule has 1 aliphatic heterocycles. The molecule has 25 heavy (non-hydrogen) atoms. The van der Waals surface area contributed by atoms with Crippen LogP contribution in [0.3, 0.4) is 0 Å². The average molecular weight is 341 g/mol. The average Bonchev–Trinajstić information content (AvgIpc) is 2.99. The van der Waals surface area contributed by atoms with Gasteiger partial charge in [-0.05, 0) is 55.8 Å². The lowest BCUT2D eigenvalue weighted by atomic mass is 9.74.